The molecule has 6 heteroatoms. The number of rotatable bonds is 6. The fraction of sp³-hybridized carbons (Fsp3) is 0.158. The molecule has 0 N–H and O–H groups in total. The van der Waals surface area contributed by atoms with Crippen molar-refractivity contribution >= 4 is 11.8 Å². The van der Waals surface area contributed by atoms with E-state index in [4.69, 9.17) is 19.2 Å². The highest BCUT2D eigenvalue weighted by Crippen LogP contribution is 2.36. The molecule has 1 aromatic heterocycles. The number of nitriles is 1. The fourth-order valence-electron chi connectivity index (χ4n) is 2.34. The Kier molecular flexibility index (Phi) is 5.26. The van der Waals surface area contributed by atoms with E-state index in [1.807, 2.05) is 48.5 Å². The van der Waals surface area contributed by atoms with Crippen LogP contribution in [-0.2, 0) is 0 Å². The second kappa shape index (κ2) is 7.77. The summed E-state index contributed by atoms with van der Waals surface area (Å²) in [5.41, 5.74) is 2.54. The van der Waals surface area contributed by atoms with E-state index in [1.165, 1.54) is 11.8 Å². The summed E-state index contributed by atoms with van der Waals surface area (Å²) in [7, 11) is 3.26. The van der Waals surface area contributed by atoms with E-state index in [1.54, 1.807) is 14.2 Å². The average molecular weight is 352 g/mol. The lowest BCUT2D eigenvalue weighted by atomic mass is 10.1. The molecule has 0 saturated heterocycles. The molecule has 0 saturated carbocycles. The van der Waals surface area contributed by atoms with E-state index in [0.717, 1.165) is 28.3 Å². The van der Waals surface area contributed by atoms with Gasteiger partial charge in [-0.15, -0.1) is 0 Å². The predicted molar refractivity (Wildman–Crippen MR) is 96.8 cm³/mol. The molecule has 0 bridgehead atoms. The largest absolute Gasteiger partial charge is 0.497 e. The third-order valence-corrected chi connectivity index (χ3v) is 4.28. The van der Waals surface area contributed by atoms with E-state index in [2.05, 4.69) is 11.1 Å². The maximum absolute atomic E-state index is 8.79. The topological polar surface area (TPSA) is 68.3 Å². The molecule has 2 aromatic carbocycles. The Labute approximate surface area is 150 Å². The molecule has 0 aliphatic rings. The molecule has 1 heterocycles. The van der Waals surface area contributed by atoms with E-state index >= 15 is 0 Å². The Bertz CT molecular complexity index is 816. The van der Waals surface area contributed by atoms with Gasteiger partial charge >= 0.3 is 0 Å². The quantitative estimate of drug-likeness (QED) is 0.602. The Morgan fingerprint density at radius 3 is 2.04 bits per heavy atom. The second-order valence-corrected chi connectivity index (χ2v) is 5.99. The number of benzene rings is 2. The van der Waals surface area contributed by atoms with Gasteiger partial charge in [-0.2, -0.15) is 5.26 Å². The lowest BCUT2D eigenvalue weighted by Gasteiger charge is -2.04. The van der Waals surface area contributed by atoms with Crippen LogP contribution >= 0.6 is 11.8 Å². The average Bonchev–Trinajstić information content (AvgIpc) is 3.10. The number of aromatic nitrogens is 1. The van der Waals surface area contributed by atoms with Gasteiger partial charge in [0.1, 0.15) is 17.2 Å². The van der Waals surface area contributed by atoms with Crippen molar-refractivity contribution in [1.29, 1.82) is 5.26 Å². The highest BCUT2D eigenvalue weighted by Gasteiger charge is 2.17. The lowest BCUT2D eigenvalue weighted by molar-refractivity contribution is 0.414. The molecule has 3 rings (SSSR count). The number of ether oxygens (including phenoxy) is 2. The predicted octanol–water partition coefficient (Wildman–Crippen LogP) is 4.64. The normalized spacial score (nSPS) is 10.3. The third kappa shape index (κ3) is 3.78. The maximum Gasteiger partial charge on any atom is 0.257 e. The van der Waals surface area contributed by atoms with Crippen LogP contribution in [0.2, 0.25) is 0 Å². The van der Waals surface area contributed by atoms with Crippen LogP contribution in [-0.4, -0.2) is 25.0 Å². The first-order valence-corrected chi connectivity index (χ1v) is 8.53. The van der Waals surface area contributed by atoms with Gasteiger partial charge in [0.2, 0.25) is 0 Å². The molecule has 0 fully saturated rings. The molecular formula is C19H16N2O3S. The molecule has 0 aliphatic heterocycles. The van der Waals surface area contributed by atoms with Crippen LogP contribution in [0.25, 0.3) is 22.6 Å². The standard InChI is InChI=1S/C19H16N2O3S/c1-22-15-7-3-13(4-8-15)17-18(24-19(21-17)25-12-11-20)14-5-9-16(23-2)10-6-14/h3-10H,12H2,1-2H3. The summed E-state index contributed by atoms with van der Waals surface area (Å²) in [6, 6.07) is 17.3. The molecular weight excluding hydrogens is 336 g/mol. The molecule has 0 aliphatic carbocycles. The molecule has 0 spiro atoms. The number of hydrogen-bond acceptors (Lipinski definition) is 6. The van der Waals surface area contributed by atoms with Gasteiger partial charge in [0.05, 0.1) is 26.0 Å². The summed E-state index contributed by atoms with van der Waals surface area (Å²) in [5.74, 6) is 2.49. The molecule has 0 radical (unpaired) electrons. The first-order chi connectivity index (χ1) is 12.2. The van der Waals surface area contributed by atoms with Crippen molar-refractivity contribution in [2.45, 2.75) is 5.22 Å². The summed E-state index contributed by atoms with van der Waals surface area (Å²) < 4.78 is 16.3. The third-order valence-electron chi connectivity index (χ3n) is 3.58. The van der Waals surface area contributed by atoms with Crippen LogP contribution in [0, 0.1) is 11.3 Å². The van der Waals surface area contributed by atoms with Crippen molar-refractivity contribution in [3.63, 3.8) is 0 Å². The summed E-state index contributed by atoms with van der Waals surface area (Å²) in [4.78, 5) is 4.57. The van der Waals surface area contributed by atoms with E-state index < -0.39 is 0 Å². The number of nitrogens with zero attached hydrogens (tertiary/aromatic N) is 2. The van der Waals surface area contributed by atoms with E-state index in [0.29, 0.717) is 11.0 Å². The van der Waals surface area contributed by atoms with Gasteiger partial charge in [-0.3, -0.25) is 0 Å². The molecule has 0 atom stereocenters. The van der Waals surface area contributed by atoms with Gasteiger partial charge in [0.25, 0.3) is 5.22 Å². The second-order valence-electron chi connectivity index (χ2n) is 5.06. The number of methoxy groups -OCH3 is 2. The monoisotopic (exact) mass is 352 g/mol. The van der Waals surface area contributed by atoms with Gasteiger partial charge in [-0.05, 0) is 48.5 Å². The maximum atomic E-state index is 8.79. The first-order valence-electron chi connectivity index (χ1n) is 7.54. The van der Waals surface area contributed by atoms with Crippen LogP contribution in [0.3, 0.4) is 0 Å². The Morgan fingerprint density at radius 2 is 1.52 bits per heavy atom. The van der Waals surface area contributed by atoms with Gasteiger partial charge in [-0.1, -0.05) is 11.8 Å². The zero-order chi connectivity index (χ0) is 17.6. The van der Waals surface area contributed by atoms with Gasteiger partial charge < -0.3 is 13.9 Å². The zero-order valence-electron chi connectivity index (χ0n) is 13.9. The Hall–Kier alpha value is -2.91. The SMILES string of the molecule is COc1ccc(-c2nc(SCC#N)oc2-c2ccc(OC)cc2)cc1. The van der Waals surface area contributed by atoms with Crippen LogP contribution < -0.4 is 9.47 Å². The molecule has 3 aromatic rings. The van der Waals surface area contributed by atoms with Crippen LogP contribution in [0.1, 0.15) is 0 Å². The van der Waals surface area contributed by atoms with Gasteiger partial charge in [0, 0.05) is 11.1 Å². The number of thioether (sulfide) groups is 1. The molecule has 126 valence electrons. The first kappa shape index (κ1) is 16.9. The molecule has 25 heavy (non-hydrogen) atoms. The Morgan fingerprint density at radius 1 is 0.960 bits per heavy atom. The molecule has 5 nitrogen and oxygen atoms in total. The highest BCUT2D eigenvalue weighted by molar-refractivity contribution is 7.99. The van der Waals surface area contributed by atoms with E-state index in [9.17, 15) is 0 Å². The van der Waals surface area contributed by atoms with Crippen LogP contribution in [0.5, 0.6) is 11.5 Å². The molecule has 0 amide bonds. The number of oxazole rings is 1. The minimum atomic E-state index is 0.282. The number of hydrogen-bond donors (Lipinski definition) is 0. The van der Waals surface area contributed by atoms with Crippen molar-refractivity contribution in [2.24, 2.45) is 0 Å². The minimum absolute atomic E-state index is 0.282. The smallest absolute Gasteiger partial charge is 0.257 e. The minimum Gasteiger partial charge on any atom is -0.497 e. The van der Waals surface area contributed by atoms with Crippen molar-refractivity contribution in [3.8, 4) is 40.1 Å². The lowest BCUT2D eigenvalue weighted by Crippen LogP contribution is -1.86. The van der Waals surface area contributed by atoms with Crippen molar-refractivity contribution < 1.29 is 13.9 Å². The van der Waals surface area contributed by atoms with Crippen molar-refractivity contribution in [1.82, 2.24) is 4.98 Å². The summed E-state index contributed by atoms with van der Waals surface area (Å²) in [6.07, 6.45) is 0. The summed E-state index contributed by atoms with van der Waals surface area (Å²) in [6.45, 7) is 0. The van der Waals surface area contributed by atoms with Crippen molar-refractivity contribution in [2.75, 3.05) is 20.0 Å². The molecule has 0 unspecified atom stereocenters. The van der Waals surface area contributed by atoms with E-state index in [-0.39, 0.29) is 5.75 Å². The van der Waals surface area contributed by atoms with Gasteiger partial charge in [-0.25, -0.2) is 4.98 Å². The van der Waals surface area contributed by atoms with Crippen molar-refractivity contribution in [3.05, 3.63) is 48.5 Å². The highest BCUT2D eigenvalue weighted by atomic mass is 32.2. The fourth-order valence-corrected chi connectivity index (χ4v) is 2.82. The van der Waals surface area contributed by atoms with Crippen LogP contribution in [0.4, 0.5) is 0 Å². The van der Waals surface area contributed by atoms with Crippen LogP contribution in [0.15, 0.2) is 58.2 Å². The summed E-state index contributed by atoms with van der Waals surface area (Å²) >= 11 is 1.27. The Balaban J connectivity index is 2.04. The summed E-state index contributed by atoms with van der Waals surface area (Å²) in [5, 5.41) is 9.26. The van der Waals surface area contributed by atoms with Gasteiger partial charge in [0.15, 0.2) is 5.76 Å². The zero-order valence-corrected chi connectivity index (χ0v) is 14.7.